The molecule has 8 heterocycles. The Kier molecular flexibility index (Phi) is 44.2. The lowest BCUT2D eigenvalue weighted by molar-refractivity contribution is -0.116. The van der Waals surface area contributed by atoms with Crippen molar-refractivity contribution in [1.29, 1.82) is 0 Å². The van der Waals surface area contributed by atoms with Gasteiger partial charge in [0.2, 0.25) is 34.0 Å². The number of aromatic amines is 4. The Balaban J connectivity index is 0.000000175. The summed E-state index contributed by atoms with van der Waals surface area (Å²) in [6, 6.07) is 38.8. The molecule has 0 bridgehead atoms. The highest BCUT2D eigenvalue weighted by molar-refractivity contribution is 8.14. The zero-order valence-corrected chi connectivity index (χ0v) is 86.2. The minimum absolute atomic E-state index is 0.0184. The zero-order valence-electron chi connectivity index (χ0n) is 79.3. The van der Waals surface area contributed by atoms with Gasteiger partial charge in [0.05, 0.1) is 105 Å². The first-order valence-electron chi connectivity index (χ1n) is 45.2. The molecule has 15 rings (SSSR count). The number of anilines is 4. The number of nitrogen functional groups attached to an aromatic ring is 4. The van der Waals surface area contributed by atoms with Crippen molar-refractivity contribution in [3.63, 3.8) is 0 Å². The standard InChI is InChI=1S/C25H27FN5O6PS.C24H25FN5O6PS.C22H27FN5O6PS.C21H25FN5O6PS/c1-17-5-7-19(8-6-17)24(33)39-12-11-36-38(34,37-14-18-3-2-4-20(26)13-18)16-35-10-9-31-15-28-21-22(31)29-25(27)30-23(21)32;25-19-8-4-5-17(13-19)14-36-37(33,35-11-12-38-23(32)18-6-2-1-3-7-18)16-34-10-9-30-15-27-20-21(30)28-24(26)29-22(20)31;23-17-6-1-3-15(11-17)12-34-35(31,33-9-10-36-21(30)16-4-2-5-16)14-32-8-7-28-13-25-18-19(28)26-22(24)27-20(18)29;1-2-4-17(28)35-10-9-32-34(30,33-12-15-5-3-6-16(22)11-15)14-31-8-7-27-13-24-18-19(27)25-21(23)26-20(18)29/h2-8,13,15H,9-12,14,16H2,1H3,(H3,27,29,30,32);1-8,13,15H,9-12,14,16H2,(H3,26,28,29,31);1,3,6,11,13,16H,2,4-5,7-10,12,14H2,(H3,24,26,27,29);2-3,5-6,11,13H,1,4,7-10,12,14H2,(H3,23,25,26,29). The number of allylic oxidation sites excluding steroid dienone is 1. The highest BCUT2D eigenvalue weighted by Crippen LogP contribution is 2.52. The number of H-pyrrole nitrogens is 4. The minimum Gasteiger partial charge on any atom is -0.369 e. The smallest absolute Gasteiger partial charge is 0.356 e. The molecule has 0 amide bonds. The van der Waals surface area contributed by atoms with Gasteiger partial charge < -0.3 is 96.3 Å². The van der Waals surface area contributed by atoms with E-state index < -0.39 is 75.9 Å². The number of nitrogens with two attached hydrogens (primary N) is 4. The van der Waals surface area contributed by atoms with E-state index in [1.807, 2.05) is 25.1 Å². The summed E-state index contributed by atoms with van der Waals surface area (Å²) in [4.78, 5) is 138. The molecule has 6 aromatic carbocycles. The molecule has 0 radical (unpaired) electrons. The van der Waals surface area contributed by atoms with Crippen LogP contribution in [-0.4, -0.2) is 200 Å². The van der Waals surface area contributed by atoms with Gasteiger partial charge in [-0.25, -0.2) is 37.5 Å². The Labute approximate surface area is 857 Å². The molecule has 12 N–H and O–H groups in total. The number of fused-ring (bicyclic) bond motifs is 4. The van der Waals surface area contributed by atoms with Gasteiger partial charge in [0.1, 0.15) is 48.7 Å². The van der Waals surface area contributed by atoms with Crippen LogP contribution in [-0.2, 0) is 136 Å². The van der Waals surface area contributed by atoms with Crippen LogP contribution in [0.5, 0.6) is 0 Å². The monoisotopic (exact) mass is 2200 g/mol. The second-order valence-electron chi connectivity index (χ2n) is 31.8. The third-order valence-corrected chi connectivity index (χ3v) is 30.6. The van der Waals surface area contributed by atoms with Crippen LogP contribution < -0.4 is 45.2 Å². The molecule has 148 heavy (non-hydrogen) atoms. The lowest BCUT2D eigenvalue weighted by atomic mass is 9.87. The number of imidazole rings is 4. The highest BCUT2D eigenvalue weighted by Gasteiger charge is 2.32. The van der Waals surface area contributed by atoms with Crippen LogP contribution in [0.15, 0.2) is 209 Å². The Morgan fingerprint density at radius 1 is 0.392 bits per heavy atom. The molecule has 788 valence electrons. The van der Waals surface area contributed by atoms with Crippen molar-refractivity contribution in [3.8, 4) is 0 Å². The van der Waals surface area contributed by atoms with Gasteiger partial charge in [-0.05, 0) is 90.6 Å². The number of ether oxygens (including phenoxy) is 4. The summed E-state index contributed by atoms with van der Waals surface area (Å²) in [7, 11) is -15.1. The number of benzene rings is 6. The number of thioether (sulfide) groups is 4. The highest BCUT2D eigenvalue weighted by atomic mass is 32.2. The maximum Gasteiger partial charge on any atom is 0.356 e. The zero-order chi connectivity index (χ0) is 106. The lowest BCUT2D eigenvalue weighted by Gasteiger charge is -2.23. The summed E-state index contributed by atoms with van der Waals surface area (Å²) in [6.07, 6.45) is 8.82. The van der Waals surface area contributed by atoms with E-state index in [4.69, 9.17) is 78.1 Å². The van der Waals surface area contributed by atoms with Crippen LogP contribution >= 0.6 is 77.4 Å². The fourth-order valence-electron chi connectivity index (χ4n) is 13.2. The van der Waals surface area contributed by atoms with Crippen LogP contribution in [0.25, 0.3) is 44.7 Å². The molecule has 0 aliphatic heterocycles. The molecule has 0 saturated heterocycles. The van der Waals surface area contributed by atoms with Crippen LogP contribution in [0.1, 0.15) is 74.2 Å². The average Bonchev–Trinajstić information content (AvgIpc) is 1.67. The van der Waals surface area contributed by atoms with Crippen LogP contribution in [0, 0.1) is 36.1 Å². The van der Waals surface area contributed by atoms with Crippen molar-refractivity contribution < 1.29 is 110 Å². The Hall–Kier alpha value is -12.1. The van der Waals surface area contributed by atoms with E-state index in [0.29, 0.717) is 44.8 Å². The summed E-state index contributed by atoms with van der Waals surface area (Å²) < 4.78 is 180. The second kappa shape index (κ2) is 57.1. The predicted octanol–water partition coefficient (Wildman–Crippen LogP) is 14.3. The third kappa shape index (κ3) is 36.4. The quantitative estimate of drug-likeness (QED) is 0.00759. The predicted molar refractivity (Wildman–Crippen MR) is 551 cm³/mol. The second-order valence-corrected chi connectivity index (χ2v) is 44.2. The molecule has 44 nitrogen and oxygen atoms in total. The molecule has 14 aromatic rings. The van der Waals surface area contributed by atoms with Crippen LogP contribution in [0.4, 0.5) is 41.4 Å². The fraction of sp³-hybridized carbons (Fsp3) is 0.326. The van der Waals surface area contributed by atoms with Crippen LogP contribution in [0.2, 0.25) is 0 Å². The van der Waals surface area contributed by atoms with Crippen molar-refractivity contribution in [2.45, 2.75) is 85.2 Å². The number of nitrogens with one attached hydrogen (secondary N) is 4. The Bertz CT molecular complexity index is 7340. The SMILES string of the molecule is C=CCC(=O)SCCOP(=O)(COCCn1cnc2c(=O)[nH]c(N)nc21)OCc1cccc(F)c1.Cc1ccc(C(=O)SCCOP(=O)(COCCn2cnc3c(=O)[nH]c(N)nc32)OCc2cccc(F)c2)cc1.Nc1nc2c(ncn2CCOCP(=O)(OCCSC(=O)C2CCC2)OCc2cccc(F)c2)c(=O)[nH]1.Nc1nc2c(ncn2CCOCP(=O)(OCCSC(=O)c2ccccc2)OCc2cccc(F)c2)c(=O)[nH]1. The molecular formula is C92H104F4N20O24P4S4. The van der Waals surface area contributed by atoms with Crippen molar-refractivity contribution in [1.82, 2.24) is 78.1 Å². The normalized spacial score (nSPS) is 13.6. The number of carbonyl (C=O) groups excluding carboxylic acids is 4. The number of carbonyl (C=O) groups is 4. The Morgan fingerprint density at radius 2 is 0.682 bits per heavy atom. The first kappa shape index (κ1) is 115. The number of hydrogen-bond acceptors (Lipinski definition) is 40. The van der Waals surface area contributed by atoms with Gasteiger partial charge in [0.15, 0.2) is 54.9 Å². The topological polar surface area (TPSA) is 606 Å². The van der Waals surface area contributed by atoms with Gasteiger partial charge in [0, 0.05) is 72.7 Å². The van der Waals surface area contributed by atoms with E-state index >= 15 is 0 Å². The van der Waals surface area contributed by atoms with E-state index in [2.05, 4.69) is 66.4 Å². The van der Waals surface area contributed by atoms with Crippen molar-refractivity contribution >= 4 is 166 Å². The number of aryl methyl sites for hydroxylation is 1. The third-order valence-electron chi connectivity index (χ3n) is 20.6. The van der Waals surface area contributed by atoms with Gasteiger partial charge in [-0.1, -0.05) is 168 Å². The molecule has 1 fully saturated rings. The molecule has 4 unspecified atom stereocenters. The van der Waals surface area contributed by atoms with Gasteiger partial charge in [-0.2, -0.15) is 19.9 Å². The summed E-state index contributed by atoms with van der Waals surface area (Å²) in [5.74, 6) is -0.759. The summed E-state index contributed by atoms with van der Waals surface area (Å²) in [6.45, 7) is 6.03. The minimum atomic E-state index is -3.79. The Morgan fingerprint density at radius 3 is 0.966 bits per heavy atom. The molecule has 4 atom stereocenters. The first-order valence-corrected chi connectivity index (χ1v) is 56.1. The summed E-state index contributed by atoms with van der Waals surface area (Å²) in [5, 5.41) is -0.235. The van der Waals surface area contributed by atoms with E-state index in [9.17, 15) is 74.2 Å². The first-order chi connectivity index (χ1) is 71.2. The number of halogens is 4. The molecule has 1 aliphatic rings. The number of aromatic nitrogens is 16. The molecule has 0 spiro atoms. The lowest BCUT2D eigenvalue weighted by Crippen LogP contribution is -2.20. The largest absolute Gasteiger partial charge is 0.369 e. The maximum absolute atomic E-state index is 13.6. The molecule has 1 aliphatic carbocycles. The van der Waals surface area contributed by atoms with Gasteiger partial charge in [-0.15, -0.1) is 6.58 Å². The van der Waals surface area contributed by atoms with E-state index in [-0.39, 0.29) is 244 Å². The van der Waals surface area contributed by atoms with Gasteiger partial charge >= 0.3 is 30.4 Å². The number of nitrogens with zero attached hydrogens (tertiary/aromatic N) is 12. The summed E-state index contributed by atoms with van der Waals surface area (Å²) in [5.41, 5.74) is 26.4. The number of hydrogen-bond donors (Lipinski definition) is 8. The molecule has 56 heteroatoms. The maximum atomic E-state index is 13.6. The van der Waals surface area contributed by atoms with Crippen molar-refractivity contribution in [3.05, 3.63) is 293 Å². The molecular weight excluding hydrogens is 2100 g/mol. The van der Waals surface area contributed by atoms with Crippen molar-refractivity contribution in [2.24, 2.45) is 5.92 Å². The average molecular weight is 2200 g/mol. The number of rotatable bonds is 53. The van der Waals surface area contributed by atoms with E-state index in [0.717, 1.165) is 71.9 Å². The van der Waals surface area contributed by atoms with Crippen molar-refractivity contribution in [2.75, 3.05) is 124 Å². The van der Waals surface area contributed by atoms with Gasteiger partial charge in [0.25, 0.3) is 22.2 Å². The van der Waals surface area contributed by atoms with Gasteiger partial charge in [-0.3, -0.25) is 76.6 Å². The molecule has 8 aromatic heterocycles. The van der Waals surface area contributed by atoms with E-state index in [1.54, 1.807) is 78.9 Å². The fourth-order valence-corrected chi connectivity index (χ4v) is 21.6. The molecule has 1 saturated carbocycles. The summed E-state index contributed by atoms with van der Waals surface area (Å²) >= 11 is 4.26. The van der Waals surface area contributed by atoms with E-state index in [1.165, 1.54) is 104 Å². The van der Waals surface area contributed by atoms with Crippen LogP contribution in [0.3, 0.4) is 0 Å².